The highest BCUT2D eigenvalue weighted by atomic mass is 35.5. The molecule has 6 nitrogen and oxygen atoms in total. The van der Waals surface area contributed by atoms with Gasteiger partial charge in [-0.25, -0.2) is 0 Å². The van der Waals surface area contributed by atoms with E-state index < -0.39 is 0 Å². The summed E-state index contributed by atoms with van der Waals surface area (Å²) in [4.78, 5) is 26.0. The predicted molar refractivity (Wildman–Crippen MR) is 89.1 cm³/mol. The molecule has 23 heavy (non-hydrogen) atoms. The van der Waals surface area contributed by atoms with Crippen molar-refractivity contribution in [3.63, 3.8) is 0 Å². The lowest BCUT2D eigenvalue weighted by Crippen LogP contribution is -2.37. The maximum atomic E-state index is 12.6. The zero-order chi connectivity index (χ0) is 16.4. The topological polar surface area (TPSA) is 78.1 Å². The minimum Gasteiger partial charge on any atom is -0.309 e. The molecule has 0 saturated carbocycles. The highest BCUT2D eigenvalue weighted by molar-refractivity contribution is 6.19. The van der Waals surface area contributed by atoms with Crippen LogP contribution in [0.1, 0.15) is 28.0 Å². The van der Waals surface area contributed by atoms with Crippen molar-refractivity contribution in [1.29, 1.82) is 0 Å². The second-order valence-electron chi connectivity index (χ2n) is 5.46. The monoisotopic (exact) mass is 332 g/mol. The maximum Gasteiger partial charge on any atom is 0.276 e. The number of carbonyl (C=O) groups is 2. The first-order chi connectivity index (χ1) is 11.1. The average molecular weight is 333 g/mol. The summed E-state index contributed by atoms with van der Waals surface area (Å²) in [5, 5.41) is 9.51. The van der Waals surface area contributed by atoms with E-state index in [4.69, 9.17) is 11.6 Å². The molecule has 2 amide bonds. The van der Waals surface area contributed by atoms with Crippen LogP contribution in [0.3, 0.4) is 0 Å². The molecule has 2 N–H and O–H groups in total. The van der Waals surface area contributed by atoms with Crippen LogP contribution in [0.2, 0.25) is 0 Å². The number of fused-ring (bicyclic) bond motifs is 1. The van der Waals surface area contributed by atoms with Gasteiger partial charge in [-0.2, -0.15) is 5.10 Å². The van der Waals surface area contributed by atoms with E-state index in [-0.39, 0.29) is 24.1 Å². The summed E-state index contributed by atoms with van der Waals surface area (Å²) in [6.45, 7) is 2.55. The third kappa shape index (κ3) is 3.07. The van der Waals surface area contributed by atoms with Gasteiger partial charge in [0, 0.05) is 30.1 Å². The Kier molecular flexibility index (Phi) is 4.34. The molecule has 0 bridgehead atoms. The van der Waals surface area contributed by atoms with Gasteiger partial charge in [-0.3, -0.25) is 14.7 Å². The van der Waals surface area contributed by atoms with Crippen LogP contribution in [-0.2, 0) is 11.2 Å². The van der Waals surface area contributed by atoms with Crippen LogP contribution >= 0.6 is 11.6 Å². The van der Waals surface area contributed by atoms with Crippen molar-refractivity contribution in [1.82, 2.24) is 10.2 Å². The van der Waals surface area contributed by atoms with Crippen LogP contribution in [0, 0.1) is 6.92 Å². The third-order valence-corrected chi connectivity index (χ3v) is 4.03. The molecule has 0 unspecified atom stereocenters. The van der Waals surface area contributed by atoms with Crippen molar-refractivity contribution in [3.8, 4) is 0 Å². The molecular weight excluding hydrogens is 316 g/mol. The number of alkyl halides is 1. The van der Waals surface area contributed by atoms with Crippen molar-refractivity contribution < 1.29 is 9.59 Å². The van der Waals surface area contributed by atoms with E-state index in [0.29, 0.717) is 24.5 Å². The van der Waals surface area contributed by atoms with Gasteiger partial charge in [-0.05, 0) is 25.5 Å². The molecule has 0 radical (unpaired) electrons. The molecule has 1 aliphatic heterocycles. The average Bonchev–Trinajstić information content (AvgIpc) is 2.93. The minimum atomic E-state index is -0.206. The van der Waals surface area contributed by atoms with E-state index in [1.807, 2.05) is 31.2 Å². The molecule has 0 atom stereocenters. The smallest absolute Gasteiger partial charge is 0.276 e. The number of hydrogen-bond donors (Lipinski definition) is 2. The molecule has 2 aromatic rings. The lowest BCUT2D eigenvalue weighted by Gasteiger charge is -2.26. The summed E-state index contributed by atoms with van der Waals surface area (Å²) in [6, 6.07) is 7.81. The van der Waals surface area contributed by atoms with E-state index in [1.54, 1.807) is 4.90 Å². The lowest BCUT2D eigenvalue weighted by atomic mass is 10.0. The number of aromatic nitrogens is 2. The van der Waals surface area contributed by atoms with Crippen molar-refractivity contribution >= 4 is 34.9 Å². The molecule has 0 saturated heterocycles. The highest BCUT2D eigenvalue weighted by Gasteiger charge is 2.30. The number of benzene rings is 1. The van der Waals surface area contributed by atoms with Crippen molar-refractivity contribution in [2.45, 2.75) is 19.8 Å². The van der Waals surface area contributed by atoms with E-state index in [9.17, 15) is 9.59 Å². The Morgan fingerprint density at radius 1 is 1.39 bits per heavy atom. The Hall–Kier alpha value is -2.34. The van der Waals surface area contributed by atoms with Crippen LogP contribution in [-0.4, -0.2) is 34.4 Å². The number of anilines is 2. The summed E-state index contributed by atoms with van der Waals surface area (Å²) in [5.41, 5.74) is 3.18. The molecule has 0 fully saturated rings. The van der Waals surface area contributed by atoms with Crippen LogP contribution < -0.4 is 10.2 Å². The van der Waals surface area contributed by atoms with Gasteiger partial charge in [0.05, 0.1) is 0 Å². The van der Waals surface area contributed by atoms with Crippen molar-refractivity contribution in [2.24, 2.45) is 0 Å². The summed E-state index contributed by atoms with van der Waals surface area (Å²) >= 11 is 5.55. The second kappa shape index (κ2) is 6.42. The van der Waals surface area contributed by atoms with Crippen molar-refractivity contribution in [2.75, 3.05) is 22.6 Å². The summed E-state index contributed by atoms with van der Waals surface area (Å²) in [7, 11) is 0. The SMILES string of the molecule is Cc1ccc(N2CCc3c(NC(=O)CCCl)n[nH]c3C2=O)cc1. The number of nitrogens with one attached hydrogen (secondary N) is 2. The number of amides is 2. The van der Waals surface area contributed by atoms with Gasteiger partial charge in [-0.15, -0.1) is 11.6 Å². The van der Waals surface area contributed by atoms with Gasteiger partial charge in [-0.1, -0.05) is 17.7 Å². The fraction of sp³-hybridized carbons (Fsp3) is 0.312. The quantitative estimate of drug-likeness (QED) is 0.844. The number of aromatic amines is 1. The van der Waals surface area contributed by atoms with E-state index in [1.165, 1.54) is 0 Å². The first-order valence-electron chi connectivity index (χ1n) is 7.41. The molecule has 1 aliphatic rings. The Morgan fingerprint density at radius 3 is 2.83 bits per heavy atom. The summed E-state index contributed by atoms with van der Waals surface area (Å²) < 4.78 is 0. The number of halogens is 1. The summed E-state index contributed by atoms with van der Waals surface area (Å²) in [6.07, 6.45) is 0.842. The molecule has 0 spiro atoms. The van der Waals surface area contributed by atoms with Crippen LogP contribution in [0.25, 0.3) is 0 Å². The van der Waals surface area contributed by atoms with Gasteiger partial charge < -0.3 is 10.2 Å². The number of carbonyl (C=O) groups excluding carboxylic acids is 2. The largest absolute Gasteiger partial charge is 0.309 e. The first kappa shape index (κ1) is 15.6. The lowest BCUT2D eigenvalue weighted by molar-refractivity contribution is -0.115. The van der Waals surface area contributed by atoms with Gasteiger partial charge >= 0.3 is 0 Å². The van der Waals surface area contributed by atoms with E-state index in [2.05, 4.69) is 15.5 Å². The molecular formula is C16H17ClN4O2. The molecule has 3 rings (SSSR count). The Labute approximate surface area is 138 Å². The Bertz CT molecular complexity index is 739. The minimum absolute atomic E-state index is 0.138. The first-order valence-corrected chi connectivity index (χ1v) is 7.95. The van der Waals surface area contributed by atoms with Crippen LogP contribution in [0.5, 0.6) is 0 Å². The molecule has 1 aromatic carbocycles. The van der Waals surface area contributed by atoms with E-state index in [0.717, 1.165) is 16.8 Å². The predicted octanol–water partition coefficient (Wildman–Crippen LogP) is 2.49. The number of H-pyrrole nitrogens is 1. The number of rotatable bonds is 4. The zero-order valence-electron chi connectivity index (χ0n) is 12.7. The molecule has 2 heterocycles. The molecule has 0 aliphatic carbocycles. The Morgan fingerprint density at radius 2 is 2.13 bits per heavy atom. The number of aryl methyl sites for hydroxylation is 1. The van der Waals surface area contributed by atoms with E-state index >= 15 is 0 Å². The van der Waals surface area contributed by atoms with Gasteiger partial charge in [0.15, 0.2) is 5.82 Å². The third-order valence-electron chi connectivity index (χ3n) is 3.84. The number of nitrogens with zero attached hydrogens (tertiary/aromatic N) is 2. The van der Waals surface area contributed by atoms with Crippen LogP contribution in [0.15, 0.2) is 24.3 Å². The Balaban J connectivity index is 1.82. The second-order valence-corrected chi connectivity index (χ2v) is 5.83. The summed E-state index contributed by atoms with van der Waals surface area (Å²) in [5.74, 6) is 0.327. The van der Waals surface area contributed by atoms with Gasteiger partial charge in [0.1, 0.15) is 5.69 Å². The van der Waals surface area contributed by atoms with Crippen LogP contribution in [0.4, 0.5) is 11.5 Å². The van der Waals surface area contributed by atoms with Gasteiger partial charge in [0.25, 0.3) is 5.91 Å². The highest BCUT2D eigenvalue weighted by Crippen LogP contribution is 2.27. The van der Waals surface area contributed by atoms with Crippen molar-refractivity contribution in [3.05, 3.63) is 41.1 Å². The van der Waals surface area contributed by atoms with Gasteiger partial charge in [0.2, 0.25) is 5.91 Å². The fourth-order valence-corrected chi connectivity index (χ4v) is 2.77. The normalized spacial score (nSPS) is 13.8. The fourth-order valence-electron chi connectivity index (χ4n) is 2.60. The number of hydrogen-bond acceptors (Lipinski definition) is 3. The molecule has 120 valence electrons. The molecule has 7 heteroatoms. The standard InChI is InChI=1S/C16H17ClN4O2/c1-10-2-4-11(5-3-10)21-9-7-12-14(16(21)23)19-20-15(12)18-13(22)6-8-17/h2-5H,6-9H2,1H3,(H2,18,19,20,22). The zero-order valence-corrected chi connectivity index (χ0v) is 13.5. The maximum absolute atomic E-state index is 12.6. The molecule has 1 aromatic heterocycles.